The number of rotatable bonds is 4. The summed E-state index contributed by atoms with van der Waals surface area (Å²) in [4.78, 5) is 16.9. The molecule has 3 aromatic rings. The minimum absolute atomic E-state index is 0.197. The minimum Gasteiger partial charge on any atom is -0.322 e. The molecule has 2 aromatic carbocycles. The second kappa shape index (κ2) is 8.56. The number of halogens is 1. The lowest BCUT2D eigenvalue weighted by molar-refractivity contribution is 0.102. The molecule has 1 amide bonds. The second-order valence-electron chi connectivity index (χ2n) is 6.53. The van der Waals surface area contributed by atoms with Gasteiger partial charge in [-0.15, -0.1) is 0 Å². The number of hydrogen-bond donors (Lipinski definition) is 1. The Hall–Kier alpha value is -3.01. The first-order chi connectivity index (χ1) is 14.1. The summed E-state index contributed by atoms with van der Waals surface area (Å²) in [5.74, 6) is 0.936. The molecular weight excluding hydrogens is 404 g/mol. The molecular formula is C22H17ClN4OS. The highest BCUT2D eigenvalue weighted by atomic mass is 35.5. The van der Waals surface area contributed by atoms with Gasteiger partial charge in [-0.2, -0.15) is 5.26 Å². The molecule has 1 aliphatic rings. The number of carbonyl (C=O) groups excluding carboxylic acids is 1. The van der Waals surface area contributed by atoms with Crippen LogP contribution in [0.1, 0.15) is 22.3 Å². The van der Waals surface area contributed by atoms with Gasteiger partial charge in [-0.3, -0.25) is 9.78 Å². The van der Waals surface area contributed by atoms with E-state index >= 15 is 0 Å². The highest BCUT2D eigenvalue weighted by Gasteiger charge is 2.15. The van der Waals surface area contributed by atoms with Gasteiger partial charge in [0.1, 0.15) is 0 Å². The Labute approximate surface area is 178 Å². The van der Waals surface area contributed by atoms with Gasteiger partial charge in [0, 0.05) is 41.0 Å². The van der Waals surface area contributed by atoms with Crippen LogP contribution in [0.15, 0.2) is 60.8 Å². The van der Waals surface area contributed by atoms with Crippen LogP contribution in [-0.2, 0) is 0 Å². The maximum Gasteiger partial charge on any atom is 0.255 e. The van der Waals surface area contributed by atoms with E-state index in [9.17, 15) is 4.79 Å². The summed E-state index contributed by atoms with van der Waals surface area (Å²) in [6, 6.07) is 18.2. The second-order valence-corrected chi connectivity index (χ2v) is 8.04. The van der Waals surface area contributed by atoms with Gasteiger partial charge in [0.25, 0.3) is 5.91 Å². The Kier molecular flexibility index (Phi) is 5.70. The van der Waals surface area contributed by atoms with Crippen molar-refractivity contribution in [1.29, 1.82) is 5.26 Å². The third-order valence-corrected chi connectivity index (χ3v) is 6.07. The lowest BCUT2D eigenvalue weighted by Gasteiger charge is -2.16. The van der Waals surface area contributed by atoms with Gasteiger partial charge in [0.15, 0.2) is 0 Å². The molecule has 29 heavy (non-hydrogen) atoms. The Morgan fingerprint density at radius 1 is 1.17 bits per heavy atom. The molecule has 0 saturated carbocycles. The first kappa shape index (κ1) is 19.3. The van der Waals surface area contributed by atoms with Crippen molar-refractivity contribution in [3.8, 4) is 17.3 Å². The number of aromatic nitrogens is 1. The van der Waals surface area contributed by atoms with E-state index in [1.165, 1.54) is 6.42 Å². The summed E-state index contributed by atoms with van der Waals surface area (Å²) in [6.07, 6.45) is 2.74. The predicted octanol–water partition coefficient (Wildman–Crippen LogP) is 5.38. The molecule has 0 atom stereocenters. The van der Waals surface area contributed by atoms with Crippen LogP contribution in [0, 0.1) is 11.3 Å². The van der Waals surface area contributed by atoms with E-state index in [0.717, 1.165) is 18.0 Å². The third kappa shape index (κ3) is 4.37. The fourth-order valence-electron chi connectivity index (χ4n) is 3.08. The molecule has 5 nitrogen and oxygen atoms in total. The number of anilines is 2. The number of nitriles is 1. The molecule has 0 unspecified atom stereocenters. The van der Waals surface area contributed by atoms with Crippen molar-refractivity contribution >= 4 is 40.8 Å². The quantitative estimate of drug-likeness (QED) is 0.573. The average molecular weight is 421 g/mol. The van der Waals surface area contributed by atoms with Crippen LogP contribution in [0.5, 0.6) is 0 Å². The summed E-state index contributed by atoms with van der Waals surface area (Å²) >= 11 is 8.13. The highest BCUT2D eigenvalue weighted by molar-refractivity contribution is 8.00. The van der Waals surface area contributed by atoms with Crippen LogP contribution in [0.4, 0.5) is 11.4 Å². The van der Waals surface area contributed by atoms with Crippen molar-refractivity contribution in [1.82, 2.24) is 4.98 Å². The summed E-state index contributed by atoms with van der Waals surface area (Å²) in [6.45, 7) is 1.03. The van der Waals surface area contributed by atoms with E-state index in [4.69, 9.17) is 16.9 Å². The number of amides is 1. The third-order valence-electron chi connectivity index (χ3n) is 4.56. The summed E-state index contributed by atoms with van der Waals surface area (Å²) in [5.41, 5.74) is 4.04. The van der Waals surface area contributed by atoms with E-state index < -0.39 is 0 Å². The van der Waals surface area contributed by atoms with Crippen LogP contribution in [-0.4, -0.2) is 23.2 Å². The summed E-state index contributed by atoms with van der Waals surface area (Å²) in [5, 5.41) is 12.5. The summed E-state index contributed by atoms with van der Waals surface area (Å²) in [7, 11) is 0. The van der Waals surface area contributed by atoms with Gasteiger partial charge in [-0.05, 0) is 73.0 Å². The number of hydrogen-bond acceptors (Lipinski definition) is 5. The van der Waals surface area contributed by atoms with Crippen molar-refractivity contribution in [2.45, 2.75) is 6.42 Å². The zero-order chi connectivity index (χ0) is 20.2. The molecule has 144 valence electrons. The fraction of sp³-hybridized carbons (Fsp3) is 0.136. The molecule has 2 heterocycles. The predicted molar refractivity (Wildman–Crippen MR) is 118 cm³/mol. The molecule has 1 fully saturated rings. The largest absolute Gasteiger partial charge is 0.322 e. The zero-order valence-corrected chi connectivity index (χ0v) is 17.0. The molecule has 4 rings (SSSR count). The molecule has 1 saturated heterocycles. The number of pyridine rings is 1. The van der Waals surface area contributed by atoms with Gasteiger partial charge >= 0.3 is 0 Å². The Balaban J connectivity index is 1.53. The molecule has 0 radical (unpaired) electrons. The van der Waals surface area contributed by atoms with Crippen LogP contribution in [0.2, 0.25) is 5.02 Å². The molecule has 1 N–H and O–H groups in total. The normalized spacial score (nSPS) is 13.2. The smallest absolute Gasteiger partial charge is 0.255 e. The van der Waals surface area contributed by atoms with E-state index in [2.05, 4.69) is 20.7 Å². The number of nitrogens with one attached hydrogen (secondary N) is 1. The number of nitrogens with zero attached hydrogens (tertiary/aromatic N) is 3. The average Bonchev–Trinajstić information content (AvgIpc) is 3.30. The van der Waals surface area contributed by atoms with Crippen molar-refractivity contribution in [2.75, 3.05) is 21.9 Å². The van der Waals surface area contributed by atoms with Crippen LogP contribution < -0.4 is 9.62 Å². The number of carbonyl (C=O) groups is 1. The Morgan fingerprint density at radius 2 is 2.00 bits per heavy atom. The lowest BCUT2D eigenvalue weighted by Crippen LogP contribution is -2.13. The van der Waals surface area contributed by atoms with Crippen molar-refractivity contribution in [3.05, 3.63) is 76.9 Å². The zero-order valence-electron chi connectivity index (χ0n) is 15.4. The first-order valence-corrected chi connectivity index (χ1v) is 10.4. The molecule has 0 aliphatic carbocycles. The SMILES string of the molecule is N#Cc1ccnc(-c2cc(NC(=O)c3ccc(N4CCCS4)cc3)ccc2Cl)c1. The fourth-order valence-corrected chi connectivity index (χ4v) is 4.30. The molecule has 1 aromatic heterocycles. The lowest BCUT2D eigenvalue weighted by atomic mass is 10.1. The maximum absolute atomic E-state index is 12.7. The first-order valence-electron chi connectivity index (χ1n) is 9.12. The highest BCUT2D eigenvalue weighted by Crippen LogP contribution is 2.31. The standard InChI is InChI=1S/C22H17ClN4OS/c23-20-7-4-17(13-19(20)21-12-15(14-24)8-9-25-21)26-22(28)16-2-5-18(6-3-16)27-10-1-11-29-27/h2-9,12-13H,1,10-11H2,(H,26,28). The van der Waals surface area contributed by atoms with Crippen LogP contribution >= 0.6 is 23.5 Å². The monoisotopic (exact) mass is 420 g/mol. The maximum atomic E-state index is 12.7. The van der Waals surface area contributed by atoms with Crippen molar-refractivity contribution in [3.63, 3.8) is 0 Å². The molecule has 0 bridgehead atoms. The van der Waals surface area contributed by atoms with E-state index in [1.807, 2.05) is 36.2 Å². The van der Waals surface area contributed by atoms with Gasteiger partial charge in [0.05, 0.1) is 22.3 Å². The van der Waals surface area contributed by atoms with Crippen molar-refractivity contribution < 1.29 is 4.79 Å². The van der Waals surface area contributed by atoms with E-state index in [0.29, 0.717) is 33.1 Å². The topological polar surface area (TPSA) is 69.0 Å². The van der Waals surface area contributed by atoms with E-state index in [1.54, 1.807) is 36.5 Å². The molecule has 0 spiro atoms. The van der Waals surface area contributed by atoms with Gasteiger partial charge in [-0.25, -0.2) is 0 Å². The molecule has 1 aliphatic heterocycles. The Bertz CT molecular complexity index is 1090. The van der Waals surface area contributed by atoms with Crippen LogP contribution in [0.25, 0.3) is 11.3 Å². The van der Waals surface area contributed by atoms with Gasteiger partial charge < -0.3 is 9.62 Å². The summed E-state index contributed by atoms with van der Waals surface area (Å²) < 4.78 is 2.25. The van der Waals surface area contributed by atoms with Gasteiger partial charge in [0.2, 0.25) is 0 Å². The van der Waals surface area contributed by atoms with Crippen LogP contribution in [0.3, 0.4) is 0 Å². The van der Waals surface area contributed by atoms with Crippen molar-refractivity contribution in [2.24, 2.45) is 0 Å². The molecule has 7 heteroatoms. The van der Waals surface area contributed by atoms with Gasteiger partial charge in [-0.1, -0.05) is 11.6 Å². The van der Waals surface area contributed by atoms with E-state index in [-0.39, 0.29) is 5.91 Å². The number of benzene rings is 2. The Morgan fingerprint density at radius 3 is 2.72 bits per heavy atom. The minimum atomic E-state index is -0.197.